The molecule has 0 fully saturated rings. The summed E-state index contributed by atoms with van der Waals surface area (Å²) < 4.78 is 5.28. The van der Waals surface area contributed by atoms with Crippen molar-refractivity contribution in [2.24, 2.45) is 5.92 Å². The predicted octanol–water partition coefficient (Wildman–Crippen LogP) is 3.55. The number of nitrogens with zero attached hydrogens (tertiary/aromatic N) is 2. The molecule has 1 atom stereocenters. The molecule has 0 saturated carbocycles. The van der Waals surface area contributed by atoms with Crippen LogP contribution < -0.4 is 10.7 Å². The third-order valence-corrected chi connectivity index (χ3v) is 4.82. The maximum atomic E-state index is 12.6. The summed E-state index contributed by atoms with van der Waals surface area (Å²) in [6, 6.07) is 10.1. The van der Waals surface area contributed by atoms with Crippen molar-refractivity contribution in [3.05, 3.63) is 64.3 Å². The Kier molecular flexibility index (Phi) is 5.65. The fraction of sp³-hybridized carbons (Fsp3) is 0.429. The van der Waals surface area contributed by atoms with Gasteiger partial charge in [0, 0.05) is 18.2 Å². The van der Waals surface area contributed by atoms with Crippen molar-refractivity contribution in [3.63, 3.8) is 0 Å². The number of carbonyl (C=O) groups is 1. The van der Waals surface area contributed by atoms with Crippen LogP contribution in [0.25, 0.3) is 0 Å². The minimum atomic E-state index is -0.241. The lowest BCUT2D eigenvalue weighted by Crippen LogP contribution is -2.37. The van der Waals surface area contributed by atoms with Gasteiger partial charge in [0.05, 0.1) is 18.3 Å². The highest BCUT2D eigenvalue weighted by Gasteiger charge is 2.28. The summed E-state index contributed by atoms with van der Waals surface area (Å²) >= 11 is 0. The van der Waals surface area contributed by atoms with E-state index < -0.39 is 0 Å². The van der Waals surface area contributed by atoms with Crippen LogP contribution in [0.1, 0.15) is 55.1 Å². The van der Waals surface area contributed by atoms with Crippen LogP contribution >= 0.6 is 0 Å². The quantitative estimate of drug-likeness (QED) is 0.816. The van der Waals surface area contributed by atoms with Crippen LogP contribution in [-0.2, 0) is 13.0 Å². The van der Waals surface area contributed by atoms with Crippen molar-refractivity contribution < 1.29 is 9.32 Å². The van der Waals surface area contributed by atoms with Gasteiger partial charge in [-0.25, -0.2) is 5.43 Å². The molecule has 2 N–H and O–H groups in total. The molecule has 0 bridgehead atoms. The topological polar surface area (TPSA) is 70.4 Å². The van der Waals surface area contributed by atoms with Gasteiger partial charge in [0.15, 0.2) is 5.69 Å². The number of hydrogen-bond acceptors (Lipinski definition) is 5. The molecule has 0 saturated heterocycles. The van der Waals surface area contributed by atoms with E-state index in [0.717, 1.165) is 30.1 Å². The zero-order valence-electron chi connectivity index (χ0n) is 16.7. The van der Waals surface area contributed by atoms with Crippen LogP contribution in [0.2, 0.25) is 0 Å². The fourth-order valence-electron chi connectivity index (χ4n) is 3.28. The molecule has 1 aliphatic heterocycles. The van der Waals surface area contributed by atoms with Crippen molar-refractivity contribution >= 4 is 5.91 Å². The van der Waals surface area contributed by atoms with Gasteiger partial charge in [-0.1, -0.05) is 43.3 Å². The van der Waals surface area contributed by atoms with Gasteiger partial charge in [-0.3, -0.25) is 4.79 Å². The number of carbonyl (C=O) groups excluding carboxylic acids is 1. The number of amides is 1. The lowest BCUT2D eigenvalue weighted by Gasteiger charge is -2.22. The van der Waals surface area contributed by atoms with Crippen LogP contribution in [0.3, 0.4) is 0 Å². The van der Waals surface area contributed by atoms with Crippen LogP contribution in [0.15, 0.2) is 46.2 Å². The van der Waals surface area contributed by atoms with E-state index in [1.807, 2.05) is 26.0 Å². The van der Waals surface area contributed by atoms with Crippen LogP contribution in [0.4, 0.5) is 0 Å². The Labute approximate surface area is 160 Å². The second-order valence-electron chi connectivity index (χ2n) is 7.59. The van der Waals surface area contributed by atoms with Gasteiger partial charge in [0.1, 0.15) is 5.76 Å². The highest BCUT2D eigenvalue weighted by molar-refractivity contribution is 5.93. The first-order chi connectivity index (χ1) is 12.8. The van der Waals surface area contributed by atoms with Crippen molar-refractivity contribution in [1.29, 1.82) is 0 Å². The average molecular weight is 368 g/mol. The summed E-state index contributed by atoms with van der Waals surface area (Å²) in [7, 11) is 0. The number of allylic oxidation sites excluding steroid dienone is 1. The Balaban J connectivity index is 1.71. The molecular formula is C21H28N4O2. The van der Waals surface area contributed by atoms with Gasteiger partial charge in [0.2, 0.25) is 0 Å². The lowest BCUT2D eigenvalue weighted by molar-refractivity contribution is 0.0954. The highest BCUT2D eigenvalue weighted by atomic mass is 16.5. The largest absolute Gasteiger partial charge is 0.361 e. The van der Waals surface area contributed by atoms with Crippen molar-refractivity contribution in [1.82, 2.24) is 20.9 Å². The average Bonchev–Trinajstić information content (AvgIpc) is 3.17. The molecule has 0 aliphatic carbocycles. The van der Waals surface area contributed by atoms with Crippen LogP contribution in [0.5, 0.6) is 0 Å². The second-order valence-corrected chi connectivity index (χ2v) is 7.59. The van der Waals surface area contributed by atoms with Gasteiger partial charge in [-0.15, -0.1) is 0 Å². The third kappa shape index (κ3) is 4.39. The lowest BCUT2D eigenvalue weighted by atomic mass is 10.1. The Morgan fingerprint density at radius 1 is 1.33 bits per heavy atom. The Hall–Kier alpha value is -2.60. The molecule has 6 heteroatoms. The molecule has 144 valence electrons. The number of hydrogen-bond donors (Lipinski definition) is 2. The van der Waals surface area contributed by atoms with E-state index in [-0.39, 0.29) is 11.9 Å². The summed E-state index contributed by atoms with van der Waals surface area (Å²) in [5.74, 6) is 0.946. The first kappa shape index (κ1) is 19.2. The van der Waals surface area contributed by atoms with E-state index in [1.54, 1.807) is 6.07 Å². The van der Waals surface area contributed by atoms with E-state index in [0.29, 0.717) is 11.6 Å². The molecule has 1 aromatic carbocycles. The van der Waals surface area contributed by atoms with Gasteiger partial charge >= 0.3 is 0 Å². The molecule has 1 amide bonds. The number of aryl methyl sites for hydroxylation is 1. The SMILES string of the molecule is CC1=C(NC(=O)c2cc(CC(C)C)on2)[C@@H](C)NN1Cc1ccccc1C. The maximum absolute atomic E-state index is 12.6. The van der Waals surface area contributed by atoms with E-state index in [2.05, 4.69) is 53.8 Å². The Morgan fingerprint density at radius 2 is 2.07 bits per heavy atom. The van der Waals surface area contributed by atoms with Gasteiger partial charge in [-0.2, -0.15) is 0 Å². The summed E-state index contributed by atoms with van der Waals surface area (Å²) in [4.78, 5) is 12.6. The zero-order valence-corrected chi connectivity index (χ0v) is 16.7. The molecule has 3 rings (SSSR count). The maximum Gasteiger partial charge on any atom is 0.277 e. The van der Waals surface area contributed by atoms with Gasteiger partial charge in [0.25, 0.3) is 5.91 Å². The number of nitrogens with one attached hydrogen (secondary N) is 2. The number of hydrazine groups is 1. The van der Waals surface area contributed by atoms with Gasteiger partial charge in [-0.05, 0) is 37.8 Å². The summed E-state index contributed by atoms with van der Waals surface area (Å²) in [5.41, 5.74) is 8.10. The molecule has 2 aromatic rings. The monoisotopic (exact) mass is 368 g/mol. The third-order valence-electron chi connectivity index (χ3n) is 4.82. The molecule has 0 unspecified atom stereocenters. The van der Waals surface area contributed by atoms with E-state index in [9.17, 15) is 4.79 Å². The standard InChI is InChI=1S/C21H28N4O2/c1-13(2)10-18-11-19(24-27-18)21(26)22-20-15(4)23-25(16(20)5)12-17-9-7-6-8-14(17)3/h6-9,11,13,15,23H,10,12H2,1-5H3,(H,22,26)/t15-/m1/s1. The van der Waals surface area contributed by atoms with Crippen molar-refractivity contribution in [3.8, 4) is 0 Å². The second kappa shape index (κ2) is 7.96. The number of aromatic nitrogens is 1. The first-order valence-electron chi connectivity index (χ1n) is 9.41. The summed E-state index contributed by atoms with van der Waals surface area (Å²) in [5, 5.41) is 9.00. The molecule has 1 aromatic heterocycles. The molecular weight excluding hydrogens is 340 g/mol. The number of rotatable bonds is 6. The summed E-state index contributed by atoms with van der Waals surface area (Å²) in [6.45, 7) is 11.1. The van der Waals surface area contributed by atoms with Crippen LogP contribution in [0, 0.1) is 12.8 Å². The predicted molar refractivity (Wildman–Crippen MR) is 105 cm³/mol. The normalized spacial score (nSPS) is 17.1. The smallest absolute Gasteiger partial charge is 0.277 e. The number of benzene rings is 1. The molecule has 1 aliphatic rings. The highest BCUT2D eigenvalue weighted by Crippen LogP contribution is 2.22. The van der Waals surface area contributed by atoms with Crippen molar-refractivity contribution in [2.75, 3.05) is 0 Å². The van der Waals surface area contributed by atoms with Gasteiger partial charge < -0.3 is 14.8 Å². The summed E-state index contributed by atoms with van der Waals surface area (Å²) in [6.07, 6.45) is 0.768. The minimum absolute atomic E-state index is 0.0139. The Morgan fingerprint density at radius 3 is 2.78 bits per heavy atom. The first-order valence-corrected chi connectivity index (χ1v) is 9.41. The fourth-order valence-corrected chi connectivity index (χ4v) is 3.28. The van der Waals surface area contributed by atoms with E-state index in [4.69, 9.17) is 4.52 Å². The molecule has 2 heterocycles. The van der Waals surface area contributed by atoms with E-state index >= 15 is 0 Å². The van der Waals surface area contributed by atoms with Crippen molar-refractivity contribution in [2.45, 2.75) is 53.6 Å². The zero-order chi connectivity index (χ0) is 19.6. The molecule has 6 nitrogen and oxygen atoms in total. The molecule has 0 spiro atoms. The molecule has 27 heavy (non-hydrogen) atoms. The van der Waals surface area contributed by atoms with Crippen LogP contribution in [-0.4, -0.2) is 22.1 Å². The molecule has 0 radical (unpaired) electrons. The minimum Gasteiger partial charge on any atom is -0.361 e. The Bertz CT molecular complexity index is 853. The van der Waals surface area contributed by atoms with E-state index in [1.165, 1.54) is 11.1 Å².